The summed E-state index contributed by atoms with van der Waals surface area (Å²) in [4.78, 5) is 14.7. The first-order valence-corrected chi connectivity index (χ1v) is 12.8. The Hall–Kier alpha value is -1.75. The normalized spacial score (nSPS) is 32.6. The molecule has 160 valence electrons. The van der Waals surface area contributed by atoms with Crippen LogP contribution in [0, 0.1) is 17.8 Å². The van der Waals surface area contributed by atoms with E-state index in [-0.39, 0.29) is 17.6 Å². The number of carbonyl (C=O) groups is 1. The molecule has 2 aromatic heterocycles. The summed E-state index contributed by atoms with van der Waals surface area (Å²) in [7, 11) is 0. The van der Waals surface area contributed by atoms with E-state index < -0.39 is 0 Å². The van der Waals surface area contributed by atoms with Crippen molar-refractivity contribution in [3.8, 4) is 5.00 Å². The highest BCUT2D eigenvalue weighted by Crippen LogP contribution is 2.55. The average Bonchev–Trinajstić information content (AvgIpc) is 3.34. The molecule has 30 heavy (non-hydrogen) atoms. The fourth-order valence-electron chi connectivity index (χ4n) is 7.49. The number of thiophene rings is 1. The minimum absolute atomic E-state index is 0.0226. The summed E-state index contributed by atoms with van der Waals surface area (Å²) in [5.74, 6) is 2.54. The van der Waals surface area contributed by atoms with Gasteiger partial charge in [0.25, 0.3) is 0 Å². The molecule has 2 heterocycles. The van der Waals surface area contributed by atoms with Gasteiger partial charge in [0.1, 0.15) is 5.00 Å². The van der Waals surface area contributed by atoms with Gasteiger partial charge in [-0.05, 0) is 107 Å². The molecule has 2 N–H and O–H groups in total. The summed E-state index contributed by atoms with van der Waals surface area (Å²) in [6.07, 6.45) is 16.9. The van der Waals surface area contributed by atoms with Crippen LogP contribution in [0.3, 0.4) is 0 Å². The lowest BCUT2D eigenvalue weighted by Gasteiger charge is -2.56. The molecule has 0 radical (unpaired) electrons. The average molecular weight is 424 g/mol. The van der Waals surface area contributed by atoms with Gasteiger partial charge in [-0.15, -0.1) is 11.3 Å². The van der Waals surface area contributed by atoms with Crippen LogP contribution in [0.25, 0.3) is 5.00 Å². The molecule has 0 saturated heterocycles. The Labute approximate surface area is 183 Å². The van der Waals surface area contributed by atoms with Crippen LogP contribution in [0.15, 0.2) is 24.5 Å². The van der Waals surface area contributed by atoms with Gasteiger partial charge in [-0.3, -0.25) is 0 Å². The molecule has 4 saturated carbocycles. The van der Waals surface area contributed by atoms with Crippen molar-refractivity contribution in [3.05, 3.63) is 40.5 Å². The Kier molecular flexibility index (Phi) is 4.52. The van der Waals surface area contributed by atoms with Gasteiger partial charge in [-0.1, -0.05) is 0 Å². The second kappa shape index (κ2) is 7.15. The first-order chi connectivity index (χ1) is 14.6. The van der Waals surface area contributed by atoms with Crippen molar-refractivity contribution in [2.75, 3.05) is 0 Å². The highest BCUT2D eigenvalue weighted by atomic mass is 32.1. The van der Waals surface area contributed by atoms with Gasteiger partial charge in [0.05, 0.1) is 6.04 Å². The summed E-state index contributed by atoms with van der Waals surface area (Å²) in [6, 6.07) is 4.23. The van der Waals surface area contributed by atoms with Gasteiger partial charge in [0.15, 0.2) is 0 Å². The van der Waals surface area contributed by atoms with Crippen molar-refractivity contribution in [1.29, 1.82) is 0 Å². The van der Waals surface area contributed by atoms with Gasteiger partial charge in [-0.2, -0.15) is 0 Å². The van der Waals surface area contributed by atoms with Gasteiger partial charge in [0.2, 0.25) is 0 Å². The monoisotopic (exact) mass is 423 g/mol. The molecule has 2 aromatic rings. The van der Waals surface area contributed by atoms with Crippen LogP contribution in [0.1, 0.15) is 80.3 Å². The molecule has 0 aliphatic heterocycles. The van der Waals surface area contributed by atoms with E-state index >= 15 is 0 Å². The number of nitrogens with zero attached hydrogens (tertiary/aromatic N) is 1. The lowest BCUT2D eigenvalue weighted by atomic mass is 9.53. The van der Waals surface area contributed by atoms with Crippen molar-refractivity contribution in [3.63, 3.8) is 0 Å². The van der Waals surface area contributed by atoms with Crippen molar-refractivity contribution < 1.29 is 4.79 Å². The van der Waals surface area contributed by atoms with E-state index in [9.17, 15) is 4.79 Å². The third kappa shape index (κ3) is 3.21. The Balaban J connectivity index is 1.23. The Morgan fingerprint density at radius 1 is 1.07 bits per heavy atom. The van der Waals surface area contributed by atoms with Crippen molar-refractivity contribution in [2.24, 2.45) is 17.8 Å². The number of rotatable bonds is 4. The molecule has 4 fully saturated rings. The Bertz CT molecular complexity index is 909. The molecule has 5 heteroatoms. The minimum Gasteiger partial charge on any atom is -0.333 e. The number of hydrogen-bond donors (Lipinski definition) is 2. The summed E-state index contributed by atoms with van der Waals surface area (Å²) < 4.78 is 2.23. The van der Waals surface area contributed by atoms with E-state index in [0.29, 0.717) is 0 Å². The number of nitrogens with one attached hydrogen (secondary N) is 2. The van der Waals surface area contributed by atoms with E-state index in [1.54, 1.807) is 0 Å². The number of fused-ring (bicyclic) bond motifs is 1. The third-order valence-corrected chi connectivity index (χ3v) is 9.55. The summed E-state index contributed by atoms with van der Waals surface area (Å²) in [5, 5.41) is 8.14. The summed E-state index contributed by atoms with van der Waals surface area (Å²) in [5.41, 5.74) is 2.90. The molecule has 5 aliphatic rings. The van der Waals surface area contributed by atoms with E-state index in [0.717, 1.165) is 24.2 Å². The maximum absolute atomic E-state index is 13.2. The predicted octanol–water partition coefficient (Wildman–Crippen LogP) is 5.75. The highest BCUT2D eigenvalue weighted by Gasteiger charge is 2.51. The van der Waals surface area contributed by atoms with E-state index in [1.165, 1.54) is 78.8 Å². The van der Waals surface area contributed by atoms with Crippen LogP contribution in [0.5, 0.6) is 0 Å². The molecule has 4 nitrogen and oxygen atoms in total. The molecule has 1 atom stereocenters. The standard InChI is InChI=1S/C25H33N3OS/c1-16(22-20-6-2-3-7-21(20)30-23(22)28-8-4-5-9-28)26-24(29)27-25-13-17-10-18(14-25)12-19(11-17)15-25/h4-5,8-9,16-19H,2-3,6-7,10-15H2,1H3,(H2,26,27,29)/t16-,17?,18?,19?,25?/m1/s1. The fraction of sp³-hybridized carbons (Fsp3) is 0.640. The molecule has 0 aromatic carbocycles. The summed E-state index contributed by atoms with van der Waals surface area (Å²) in [6.45, 7) is 2.17. The molecule has 2 amide bonds. The minimum atomic E-state index is 0.0226. The van der Waals surface area contributed by atoms with Crippen LogP contribution in [-0.2, 0) is 12.8 Å². The zero-order valence-corrected chi connectivity index (χ0v) is 18.8. The van der Waals surface area contributed by atoms with Gasteiger partial charge in [-0.25, -0.2) is 4.79 Å². The van der Waals surface area contributed by atoms with Crippen LogP contribution in [-0.4, -0.2) is 16.1 Å². The molecule has 0 spiro atoms. The Morgan fingerprint density at radius 2 is 1.70 bits per heavy atom. The molecule has 5 aliphatic carbocycles. The number of aryl methyl sites for hydroxylation is 1. The highest BCUT2D eigenvalue weighted by molar-refractivity contribution is 7.15. The number of urea groups is 1. The van der Waals surface area contributed by atoms with Gasteiger partial charge < -0.3 is 15.2 Å². The number of amides is 2. The zero-order valence-electron chi connectivity index (χ0n) is 18.0. The maximum Gasteiger partial charge on any atom is 0.315 e. The number of carbonyl (C=O) groups excluding carboxylic acids is 1. The van der Waals surface area contributed by atoms with Crippen LogP contribution < -0.4 is 10.6 Å². The largest absolute Gasteiger partial charge is 0.333 e. The quantitative estimate of drug-likeness (QED) is 0.646. The summed E-state index contributed by atoms with van der Waals surface area (Å²) >= 11 is 1.92. The van der Waals surface area contributed by atoms with E-state index in [4.69, 9.17) is 0 Å². The second-order valence-corrected chi connectivity index (χ2v) is 11.6. The first-order valence-electron chi connectivity index (χ1n) is 11.9. The smallest absolute Gasteiger partial charge is 0.315 e. The fourth-order valence-corrected chi connectivity index (χ4v) is 8.95. The van der Waals surface area contributed by atoms with Crippen molar-refractivity contribution in [1.82, 2.24) is 15.2 Å². The van der Waals surface area contributed by atoms with Crippen molar-refractivity contribution in [2.45, 2.75) is 82.7 Å². The topological polar surface area (TPSA) is 46.1 Å². The number of aromatic nitrogens is 1. The number of hydrogen-bond acceptors (Lipinski definition) is 2. The van der Waals surface area contributed by atoms with Gasteiger partial charge >= 0.3 is 6.03 Å². The van der Waals surface area contributed by atoms with E-state index in [2.05, 4.69) is 46.7 Å². The molecule has 7 rings (SSSR count). The Morgan fingerprint density at radius 3 is 2.37 bits per heavy atom. The van der Waals surface area contributed by atoms with Crippen LogP contribution in [0.2, 0.25) is 0 Å². The van der Waals surface area contributed by atoms with Crippen molar-refractivity contribution >= 4 is 17.4 Å². The molecular weight excluding hydrogens is 390 g/mol. The zero-order chi connectivity index (χ0) is 20.3. The van der Waals surface area contributed by atoms with Crippen LogP contribution >= 0.6 is 11.3 Å². The van der Waals surface area contributed by atoms with Crippen LogP contribution in [0.4, 0.5) is 4.79 Å². The molecule has 0 unspecified atom stereocenters. The molecular formula is C25H33N3OS. The third-order valence-electron chi connectivity index (χ3n) is 8.23. The lowest BCUT2D eigenvalue weighted by molar-refractivity contribution is -0.0136. The first kappa shape index (κ1) is 19.0. The molecule has 4 bridgehead atoms. The predicted molar refractivity (Wildman–Crippen MR) is 121 cm³/mol. The SMILES string of the molecule is C[C@@H](NC(=O)NC12CC3CC(CC(C3)C1)C2)c1c(-n2cccc2)sc2c1CCCC2. The second-order valence-electron chi connectivity index (χ2n) is 10.5. The lowest BCUT2D eigenvalue weighted by Crippen LogP contribution is -2.61. The van der Waals surface area contributed by atoms with Gasteiger partial charge in [0, 0.05) is 28.4 Å². The van der Waals surface area contributed by atoms with E-state index in [1.807, 2.05) is 11.3 Å². The maximum atomic E-state index is 13.2.